The maximum absolute atomic E-state index is 13.8. The van der Waals surface area contributed by atoms with Crippen LogP contribution in [-0.4, -0.2) is 42.0 Å². The van der Waals surface area contributed by atoms with Crippen LogP contribution in [0.25, 0.3) is 5.53 Å². The van der Waals surface area contributed by atoms with Crippen LogP contribution >= 0.6 is 0 Å². The first kappa shape index (κ1) is 27.4. The molecular formula is C32H29N3O4. The monoisotopic (exact) mass is 519 g/mol. The van der Waals surface area contributed by atoms with E-state index in [1.807, 2.05) is 121 Å². The molecule has 0 radical (unpaired) electrons. The molecule has 0 aliphatic rings. The highest BCUT2D eigenvalue weighted by Crippen LogP contribution is 2.37. The van der Waals surface area contributed by atoms with Gasteiger partial charge in [0.2, 0.25) is 0 Å². The summed E-state index contributed by atoms with van der Waals surface area (Å²) in [5.41, 5.74) is 11.4. The van der Waals surface area contributed by atoms with Crippen molar-refractivity contribution in [2.75, 3.05) is 13.7 Å². The van der Waals surface area contributed by atoms with Crippen molar-refractivity contribution in [2.24, 2.45) is 0 Å². The number of methoxy groups -OCH3 is 1. The fourth-order valence-electron chi connectivity index (χ4n) is 4.58. The number of ketones is 1. The van der Waals surface area contributed by atoms with Crippen LogP contribution in [-0.2, 0) is 31.2 Å². The molecule has 0 spiro atoms. The number of nitrogens with zero attached hydrogens (tertiary/aromatic N) is 2. The molecule has 39 heavy (non-hydrogen) atoms. The van der Waals surface area contributed by atoms with Gasteiger partial charge in [0.25, 0.3) is 5.78 Å². The van der Waals surface area contributed by atoms with Crippen LogP contribution in [0.15, 0.2) is 121 Å². The number of carbonyl (C=O) groups is 2. The number of hydrogen-bond donors (Lipinski definition) is 1. The summed E-state index contributed by atoms with van der Waals surface area (Å²) in [7, 11) is 1.12. The van der Waals surface area contributed by atoms with Crippen LogP contribution in [0.4, 0.5) is 0 Å². The number of nitrogens with one attached hydrogen (secondary N) is 1. The molecule has 4 rings (SSSR count). The van der Waals surface area contributed by atoms with Crippen molar-refractivity contribution in [1.29, 1.82) is 0 Å². The summed E-state index contributed by atoms with van der Waals surface area (Å²) in [6.45, 7) is 0.128. The molecule has 0 saturated heterocycles. The van der Waals surface area contributed by atoms with Gasteiger partial charge in [-0.3, -0.25) is 10.1 Å². The fourth-order valence-corrected chi connectivity index (χ4v) is 4.58. The van der Waals surface area contributed by atoms with Gasteiger partial charge >= 0.3 is 11.7 Å². The van der Waals surface area contributed by atoms with Gasteiger partial charge < -0.3 is 15.0 Å². The second-order valence-electron chi connectivity index (χ2n) is 8.85. The lowest BCUT2D eigenvalue weighted by atomic mass is 9.76. The molecular weight excluding hydrogens is 490 g/mol. The van der Waals surface area contributed by atoms with E-state index in [1.165, 1.54) is 0 Å². The molecule has 0 aromatic heterocycles. The van der Waals surface area contributed by atoms with Crippen LogP contribution < -0.4 is 5.32 Å². The highest BCUT2D eigenvalue weighted by atomic mass is 16.5. The molecule has 0 heterocycles. The number of carbonyl (C=O) groups excluding carboxylic acids is 2. The maximum Gasteiger partial charge on any atom is 0.443 e. The van der Waals surface area contributed by atoms with Crippen molar-refractivity contribution in [3.05, 3.63) is 149 Å². The molecule has 0 aliphatic carbocycles. The molecule has 4 aromatic rings. The number of hydrogen-bond acceptors (Lipinski definition) is 5. The third-order valence-electron chi connectivity index (χ3n) is 6.44. The van der Waals surface area contributed by atoms with Crippen LogP contribution in [0.1, 0.15) is 22.3 Å². The van der Waals surface area contributed by atoms with E-state index in [0.29, 0.717) is 0 Å². The predicted molar refractivity (Wildman–Crippen MR) is 148 cm³/mol. The first-order valence-corrected chi connectivity index (χ1v) is 12.5. The van der Waals surface area contributed by atoms with E-state index < -0.39 is 29.0 Å². The Labute approximate surface area is 227 Å². The highest BCUT2D eigenvalue weighted by Gasteiger charge is 2.44. The second kappa shape index (κ2) is 13.2. The van der Waals surface area contributed by atoms with Crippen molar-refractivity contribution < 1.29 is 23.9 Å². The van der Waals surface area contributed by atoms with Crippen LogP contribution in [0.3, 0.4) is 0 Å². The number of rotatable bonds is 12. The number of Topliss-reactive ketones (excluding diaryl/α,β-unsaturated/α-hetero) is 1. The number of benzene rings is 4. The Morgan fingerprint density at radius 2 is 1.21 bits per heavy atom. The van der Waals surface area contributed by atoms with Crippen molar-refractivity contribution in [1.82, 2.24) is 5.32 Å². The first-order chi connectivity index (χ1) is 19.1. The van der Waals surface area contributed by atoms with E-state index in [4.69, 9.17) is 9.47 Å². The van der Waals surface area contributed by atoms with Gasteiger partial charge in [-0.2, -0.15) is 4.79 Å². The van der Waals surface area contributed by atoms with Crippen LogP contribution in [0, 0.1) is 0 Å². The van der Waals surface area contributed by atoms with Gasteiger partial charge in [0.15, 0.2) is 0 Å². The Kier molecular flexibility index (Phi) is 9.27. The molecule has 0 fully saturated rings. The van der Waals surface area contributed by atoms with Gasteiger partial charge in [-0.1, -0.05) is 121 Å². The molecule has 0 bridgehead atoms. The van der Waals surface area contributed by atoms with Crippen molar-refractivity contribution in [2.45, 2.75) is 18.2 Å². The Bertz CT molecular complexity index is 1330. The number of ether oxygens (including phenoxy) is 2. The van der Waals surface area contributed by atoms with Crippen LogP contribution in [0.5, 0.6) is 0 Å². The zero-order chi connectivity index (χ0) is 27.5. The largest absolute Gasteiger partial charge is 0.460 e. The topological polar surface area (TPSA) is 101 Å². The minimum Gasteiger partial charge on any atom is -0.460 e. The molecule has 7 nitrogen and oxygen atoms in total. The average molecular weight is 520 g/mol. The third-order valence-corrected chi connectivity index (χ3v) is 6.44. The smallest absolute Gasteiger partial charge is 0.443 e. The predicted octanol–water partition coefficient (Wildman–Crippen LogP) is 4.57. The maximum atomic E-state index is 13.8. The molecule has 0 amide bonds. The molecule has 0 aliphatic heterocycles. The summed E-state index contributed by atoms with van der Waals surface area (Å²) in [6, 6.07) is 37.6. The van der Waals surface area contributed by atoms with E-state index in [0.717, 1.165) is 29.4 Å². The lowest BCUT2D eigenvalue weighted by Gasteiger charge is -2.39. The third kappa shape index (κ3) is 6.25. The van der Waals surface area contributed by atoms with E-state index in [2.05, 4.69) is 10.1 Å². The molecule has 0 unspecified atom stereocenters. The summed E-state index contributed by atoms with van der Waals surface area (Å²) in [6.07, 6.45) is 0. The molecule has 1 N–H and O–H groups in total. The molecule has 0 saturated carbocycles. The van der Waals surface area contributed by atoms with Gasteiger partial charge in [-0.25, -0.2) is 4.79 Å². The standard InChI is InChI=1S/C32H29N3O4/c1-38-31(37)29(35-33)30(36)28(23-39-22-24-14-6-2-7-15-24)34-32(25-16-8-3-9-17-25,26-18-10-4-11-19-26)27-20-12-5-13-21-27/h2-21,28,34H,22-23H2,1H3/t28-/m1/s1. The summed E-state index contributed by atoms with van der Waals surface area (Å²) < 4.78 is 10.7. The zero-order valence-corrected chi connectivity index (χ0v) is 21.6. The second-order valence-corrected chi connectivity index (χ2v) is 8.85. The summed E-state index contributed by atoms with van der Waals surface area (Å²) in [4.78, 5) is 29.1. The minimum absolute atomic E-state index is 0.113. The Balaban J connectivity index is 1.84. The Hall–Kier alpha value is -4.68. The quantitative estimate of drug-likeness (QED) is 0.0738. The highest BCUT2D eigenvalue weighted by molar-refractivity contribution is 6.63. The van der Waals surface area contributed by atoms with Gasteiger partial charge in [0, 0.05) is 0 Å². The van der Waals surface area contributed by atoms with E-state index in [-0.39, 0.29) is 13.2 Å². The normalized spacial score (nSPS) is 11.7. The number of esters is 1. The molecule has 196 valence electrons. The van der Waals surface area contributed by atoms with E-state index in [9.17, 15) is 15.1 Å². The lowest BCUT2D eigenvalue weighted by molar-refractivity contribution is -0.140. The van der Waals surface area contributed by atoms with Crippen molar-refractivity contribution >= 4 is 17.5 Å². The van der Waals surface area contributed by atoms with Gasteiger partial charge in [-0.15, -0.1) is 0 Å². The Morgan fingerprint density at radius 1 is 0.769 bits per heavy atom. The Morgan fingerprint density at radius 3 is 1.62 bits per heavy atom. The SMILES string of the molecule is COC(=O)C(=[N+]=[N-])C(=O)[C@@H](COCc1ccccc1)NC(c1ccccc1)(c1ccccc1)c1ccccc1. The lowest BCUT2D eigenvalue weighted by Crippen LogP contribution is -2.56. The first-order valence-electron chi connectivity index (χ1n) is 12.5. The van der Waals surface area contributed by atoms with Crippen LogP contribution in [0.2, 0.25) is 0 Å². The minimum atomic E-state index is -1.10. The summed E-state index contributed by atoms with van der Waals surface area (Å²) in [5.74, 6) is -1.80. The molecule has 7 heteroatoms. The molecule has 4 aromatic carbocycles. The van der Waals surface area contributed by atoms with Gasteiger partial charge in [-0.05, 0) is 22.3 Å². The van der Waals surface area contributed by atoms with Gasteiger partial charge in [0.1, 0.15) is 6.04 Å². The molecule has 1 atom stereocenters. The fraction of sp³-hybridized carbons (Fsp3) is 0.156. The van der Waals surface area contributed by atoms with E-state index >= 15 is 0 Å². The van der Waals surface area contributed by atoms with Crippen molar-refractivity contribution in [3.8, 4) is 0 Å². The zero-order valence-electron chi connectivity index (χ0n) is 21.6. The summed E-state index contributed by atoms with van der Waals surface area (Å²) >= 11 is 0. The van der Waals surface area contributed by atoms with E-state index in [1.54, 1.807) is 0 Å². The van der Waals surface area contributed by atoms with Gasteiger partial charge in [0.05, 0.1) is 25.9 Å². The summed E-state index contributed by atoms with van der Waals surface area (Å²) in [5, 5.41) is 3.52. The average Bonchev–Trinajstić information content (AvgIpc) is 3.01. The van der Waals surface area contributed by atoms with Crippen molar-refractivity contribution in [3.63, 3.8) is 0 Å².